The van der Waals surface area contributed by atoms with Gasteiger partial charge in [0.15, 0.2) is 0 Å². The lowest BCUT2D eigenvalue weighted by Crippen LogP contribution is -2.37. The molecule has 1 atom stereocenters. The summed E-state index contributed by atoms with van der Waals surface area (Å²) in [7, 11) is 0. The van der Waals surface area contributed by atoms with Crippen LogP contribution in [0.3, 0.4) is 0 Å². The van der Waals surface area contributed by atoms with Gasteiger partial charge in [-0.15, -0.1) is 0 Å². The third-order valence-corrected chi connectivity index (χ3v) is 7.40. The van der Waals surface area contributed by atoms with Gasteiger partial charge in [0, 0.05) is 5.41 Å². The van der Waals surface area contributed by atoms with Gasteiger partial charge in [0.05, 0.1) is 0 Å². The summed E-state index contributed by atoms with van der Waals surface area (Å²) in [5.74, 6) is -0.0723. The molecule has 3 nitrogen and oxygen atoms in total. The minimum Gasteiger partial charge on any atom is -0.369 e. The number of unbranched alkanes of at least 4 members (excludes halogenated alkanes) is 18. The Morgan fingerprint density at radius 2 is 0.781 bits per heavy atom. The summed E-state index contributed by atoms with van der Waals surface area (Å²) in [6.45, 7) is 5.20. The van der Waals surface area contributed by atoms with Gasteiger partial charge in [-0.1, -0.05) is 142 Å². The van der Waals surface area contributed by atoms with E-state index in [9.17, 15) is 4.79 Å². The average molecular weight is 453 g/mol. The Balaban J connectivity index is 4.04. The van der Waals surface area contributed by atoms with Gasteiger partial charge in [-0.3, -0.25) is 4.79 Å². The molecule has 0 aromatic rings. The maximum atomic E-state index is 12.5. The summed E-state index contributed by atoms with van der Waals surface area (Å²) in [4.78, 5) is 12.5. The van der Waals surface area contributed by atoms with Crippen molar-refractivity contribution in [2.24, 2.45) is 16.9 Å². The van der Waals surface area contributed by atoms with Gasteiger partial charge >= 0.3 is 0 Å². The Morgan fingerprint density at radius 1 is 0.500 bits per heavy atom. The SMILES string of the molecule is CCCCCCCCCCCCCCC(CCCN)(CCCCCCCCCC)C(N)=O. The van der Waals surface area contributed by atoms with Crippen LogP contribution in [0, 0.1) is 5.41 Å². The first kappa shape index (κ1) is 31.4. The standard InChI is InChI=1S/C29H60N2O/c1-3-5-7-9-11-13-14-15-16-18-20-22-25-29(28(31)32,26-23-27-30)24-21-19-17-12-10-8-6-4-2/h3-27,30H2,1-2H3,(H2,31,32). The van der Waals surface area contributed by atoms with Crippen molar-refractivity contribution in [3.63, 3.8) is 0 Å². The Bertz CT molecular complexity index is 399. The number of primary amides is 1. The molecule has 32 heavy (non-hydrogen) atoms. The number of hydrogen-bond donors (Lipinski definition) is 2. The molecule has 0 saturated carbocycles. The summed E-state index contributed by atoms with van der Waals surface area (Å²) in [5.41, 5.74) is 11.4. The maximum absolute atomic E-state index is 12.5. The van der Waals surface area contributed by atoms with Gasteiger partial charge < -0.3 is 11.5 Å². The van der Waals surface area contributed by atoms with Gasteiger partial charge in [0.2, 0.25) is 5.91 Å². The number of rotatable bonds is 26. The van der Waals surface area contributed by atoms with E-state index in [1.54, 1.807) is 0 Å². The van der Waals surface area contributed by atoms with Crippen LogP contribution in [0.25, 0.3) is 0 Å². The molecule has 0 rings (SSSR count). The normalized spacial score (nSPS) is 13.3. The van der Waals surface area contributed by atoms with Crippen LogP contribution in [0.15, 0.2) is 0 Å². The van der Waals surface area contributed by atoms with E-state index in [2.05, 4.69) is 13.8 Å². The topological polar surface area (TPSA) is 69.1 Å². The van der Waals surface area contributed by atoms with Crippen molar-refractivity contribution >= 4 is 5.91 Å². The van der Waals surface area contributed by atoms with Crippen molar-refractivity contribution in [1.82, 2.24) is 0 Å². The van der Waals surface area contributed by atoms with Crippen LogP contribution in [-0.2, 0) is 4.79 Å². The highest BCUT2D eigenvalue weighted by Crippen LogP contribution is 2.36. The second-order valence-corrected chi connectivity index (χ2v) is 10.4. The zero-order chi connectivity index (χ0) is 23.8. The molecule has 0 aromatic carbocycles. The predicted octanol–water partition coefficient (Wildman–Crippen LogP) is 8.82. The molecule has 0 aromatic heterocycles. The van der Waals surface area contributed by atoms with E-state index in [-0.39, 0.29) is 11.3 Å². The minimum atomic E-state index is -0.305. The molecule has 192 valence electrons. The number of carbonyl (C=O) groups excluding carboxylic acids is 1. The molecule has 0 heterocycles. The van der Waals surface area contributed by atoms with Crippen molar-refractivity contribution in [1.29, 1.82) is 0 Å². The largest absolute Gasteiger partial charge is 0.369 e. The molecule has 1 unspecified atom stereocenters. The van der Waals surface area contributed by atoms with Crippen LogP contribution < -0.4 is 11.5 Å². The van der Waals surface area contributed by atoms with Crippen LogP contribution >= 0.6 is 0 Å². The smallest absolute Gasteiger partial charge is 0.223 e. The molecule has 3 heteroatoms. The van der Waals surface area contributed by atoms with E-state index in [4.69, 9.17) is 11.5 Å². The molecule has 0 saturated heterocycles. The second kappa shape index (κ2) is 23.6. The minimum absolute atomic E-state index is 0.0723. The fourth-order valence-corrected chi connectivity index (χ4v) is 5.09. The highest BCUT2D eigenvalue weighted by molar-refractivity contribution is 5.80. The maximum Gasteiger partial charge on any atom is 0.223 e. The van der Waals surface area contributed by atoms with E-state index < -0.39 is 0 Å². The van der Waals surface area contributed by atoms with Crippen LogP contribution in [0.2, 0.25) is 0 Å². The average Bonchev–Trinajstić information content (AvgIpc) is 2.79. The van der Waals surface area contributed by atoms with Gasteiger partial charge in [-0.05, 0) is 32.2 Å². The van der Waals surface area contributed by atoms with Crippen molar-refractivity contribution in [3.05, 3.63) is 0 Å². The number of nitrogens with two attached hydrogens (primary N) is 2. The Hall–Kier alpha value is -0.570. The summed E-state index contributed by atoms with van der Waals surface area (Å²) >= 11 is 0. The van der Waals surface area contributed by atoms with E-state index in [0.29, 0.717) is 6.54 Å². The first-order valence-corrected chi connectivity index (χ1v) is 14.6. The molecular formula is C29H60N2O. The van der Waals surface area contributed by atoms with Gasteiger partial charge in [0.1, 0.15) is 0 Å². The van der Waals surface area contributed by atoms with E-state index in [1.165, 1.54) is 116 Å². The van der Waals surface area contributed by atoms with Crippen molar-refractivity contribution in [2.75, 3.05) is 6.54 Å². The highest BCUT2D eigenvalue weighted by atomic mass is 16.1. The highest BCUT2D eigenvalue weighted by Gasteiger charge is 2.34. The molecule has 4 N–H and O–H groups in total. The summed E-state index contributed by atoms with van der Waals surface area (Å²) in [6, 6.07) is 0. The zero-order valence-corrected chi connectivity index (χ0v) is 22.2. The molecule has 0 aliphatic heterocycles. The predicted molar refractivity (Wildman–Crippen MR) is 143 cm³/mol. The van der Waals surface area contributed by atoms with Crippen LogP contribution in [0.4, 0.5) is 0 Å². The lowest BCUT2D eigenvalue weighted by molar-refractivity contribution is -0.129. The van der Waals surface area contributed by atoms with E-state index >= 15 is 0 Å². The van der Waals surface area contributed by atoms with E-state index in [1.807, 2.05) is 0 Å². The Labute approximate surface area is 202 Å². The van der Waals surface area contributed by atoms with Gasteiger partial charge in [0.25, 0.3) is 0 Å². The molecular weight excluding hydrogens is 392 g/mol. The van der Waals surface area contributed by atoms with Crippen LogP contribution in [0.5, 0.6) is 0 Å². The van der Waals surface area contributed by atoms with Gasteiger partial charge in [-0.2, -0.15) is 0 Å². The van der Waals surface area contributed by atoms with Crippen molar-refractivity contribution < 1.29 is 4.79 Å². The molecule has 0 radical (unpaired) electrons. The first-order chi connectivity index (χ1) is 15.6. The molecule has 0 fully saturated rings. The lowest BCUT2D eigenvalue weighted by atomic mass is 9.73. The Morgan fingerprint density at radius 3 is 1.06 bits per heavy atom. The summed E-state index contributed by atoms with van der Waals surface area (Å²) < 4.78 is 0. The third-order valence-electron chi connectivity index (χ3n) is 7.40. The quantitative estimate of drug-likeness (QED) is 0.129. The first-order valence-electron chi connectivity index (χ1n) is 14.6. The lowest BCUT2D eigenvalue weighted by Gasteiger charge is -2.31. The van der Waals surface area contributed by atoms with Crippen LogP contribution in [0.1, 0.15) is 168 Å². The fraction of sp³-hybridized carbons (Fsp3) is 0.966. The zero-order valence-electron chi connectivity index (χ0n) is 22.2. The molecule has 1 amide bonds. The molecule has 0 aliphatic rings. The Kier molecular flexibility index (Phi) is 23.2. The fourth-order valence-electron chi connectivity index (χ4n) is 5.09. The third kappa shape index (κ3) is 17.9. The van der Waals surface area contributed by atoms with Gasteiger partial charge in [-0.25, -0.2) is 0 Å². The monoisotopic (exact) mass is 452 g/mol. The molecule has 0 bridgehead atoms. The number of amides is 1. The molecule has 0 spiro atoms. The second-order valence-electron chi connectivity index (χ2n) is 10.4. The van der Waals surface area contributed by atoms with Crippen molar-refractivity contribution in [2.45, 2.75) is 168 Å². The summed E-state index contributed by atoms with van der Waals surface area (Å²) in [6.07, 6.45) is 30.4. The van der Waals surface area contributed by atoms with E-state index in [0.717, 1.165) is 38.5 Å². The molecule has 0 aliphatic carbocycles. The van der Waals surface area contributed by atoms with Crippen LogP contribution in [-0.4, -0.2) is 12.5 Å². The summed E-state index contributed by atoms with van der Waals surface area (Å²) in [5, 5.41) is 0. The number of carbonyl (C=O) groups is 1. The number of hydrogen-bond acceptors (Lipinski definition) is 2. The van der Waals surface area contributed by atoms with Crippen molar-refractivity contribution in [3.8, 4) is 0 Å².